The third-order valence-electron chi connectivity index (χ3n) is 1.38. The van der Waals surface area contributed by atoms with Crippen molar-refractivity contribution in [3.8, 4) is 0 Å². The SMILES string of the molecule is CCOC(=O)C(O)CN(C)C(N)=O. The van der Waals surface area contributed by atoms with E-state index in [0.717, 1.165) is 4.90 Å². The summed E-state index contributed by atoms with van der Waals surface area (Å²) in [5.41, 5.74) is 4.88. The molecule has 0 aromatic heterocycles. The van der Waals surface area contributed by atoms with Gasteiger partial charge in [0.25, 0.3) is 0 Å². The average Bonchev–Trinajstić information content (AvgIpc) is 2.04. The first-order chi connectivity index (χ1) is 5.99. The van der Waals surface area contributed by atoms with Crippen LogP contribution in [0.15, 0.2) is 0 Å². The fraction of sp³-hybridized carbons (Fsp3) is 0.714. The van der Waals surface area contributed by atoms with Gasteiger partial charge in [-0.3, -0.25) is 0 Å². The van der Waals surface area contributed by atoms with Crippen LogP contribution in [0.1, 0.15) is 6.92 Å². The number of nitrogens with zero attached hydrogens (tertiary/aromatic N) is 1. The van der Waals surface area contributed by atoms with E-state index in [1.807, 2.05) is 0 Å². The van der Waals surface area contributed by atoms with Crippen LogP contribution in [-0.2, 0) is 9.53 Å². The highest BCUT2D eigenvalue weighted by atomic mass is 16.5. The molecule has 0 aliphatic carbocycles. The van der Waals surface area contributed by atoms with E-state index >= 15 is 0 Å². The Balaban J connectivity index is 3.92. The van der Waals surface area contributed by atoms with Crippen LogP contribution in [0.2, 0.25) is 0 Å². The van der Waals surface area contributed by atoms with Crippen LogP contribution in [0, 0.1) is 0 Å². The zero-order valence-corrected chi connectivity index (χ0v) is 7.69. The van der Waals surface area contributed by atoms with E-state index in [1.54, 1.807) is 6.92 Å². The number of rotatable bonds is 4. The number of aliphatic hydroxyl groups is 1. The number of primary amides is 1. The third kappa shape index (κ3) is 4.32. The van der Waals surface area contributed by atoms with Crippen LogP contribution in [0.3, 0.4) is 0 Å². The van der Waals surface area contributed by atoms with E-state index in [-0.39, 0.29) is 13.2 Å². The van der Waals surface area contributed by atoms with Crippen LogP contribution in [0.5, 0.6) is 0 Å². The van der Waals surface area contributed by atoms with Crippen molar-refractivity contribution >= 4 is 12.0 Å². The molecule has 76 valence electrons. The Morgan fingerprint density at radius 1 is 1.62 bits per heavy atom. The molecule has 0 spiro atoms. The first-order valence-electron chi connectivity index (χ1n) is 3.84. The number of likely N-dealkylation sites (N-methyl/N-ethyl adjacent to an activating group) is 1. The molecule has 0 saturated heterocycles. The summed E-state index contributed by atoms with van der Waals surface area (Å²) < 4.78 is 4.52. The van der Waals surface area contributed by atoms with Crippen molar-refractivity contribution in [2.45, 2.75) is 13.0 Å². The molecule has 3 N–H and O–H groups in total. The summed E-state index contributed by atoms with van der Waals surface area (Å²) in [6, 6.07) is -0.705. The average molecular weight is 190 g/mol. The molecule has 0 aromatic rings. The minimum Gasteiger partial charge on any atom is -0.464 e. The van der Waals surface area contributed by atoms with Crippen LogP contribution in [0.25, 0.3) is 0 Å². The van der Waals surface area contributed by atoms with Crippen molar-refractivity contribution in [2.75, 3.05) is 20.2 Å². The molecule has 0 aliphatic rings. The lowest BCUT2D eigenvalue weighted by Crippen LogP contribution is -2.41. The summed E-state index contributed by atoms with van der Waals surface area (Å²) in [5, 5.41) is 9.14. The summed E-state index contributed by atoms with van der Waals surface area (Å²) in [6.45, 7) is 1.66. The fourth-order valence-electron chi connectivity index (χ4n) is 0.662. The number of urea groups is 1. The molecule has 0 radical (unpaired) electrons. The first kappa shape index (κ1) is 11.7. The lowest BCUT2D eigenvalue weighted by molar-refractivity contribution is -0.153. The molecular formula is C7H14N2O4. The van der Waals surface area contributed by atoms with Crippen molar-refractivity contribution in [1.29, 1.82) is 0 Å². The predicted octanol–water partition coefficient (Wildman–Crippen LogP) is -1.08. The number of ether oxygens (including phenoxy) is 1. The number of amides is 2. The number of aliphatic hydroxyl groups excluding tert-OH is 1. The number of nitrogens with two attached hydrogens (primary N) is 1. The Bertz CT molecular complexity index is 195. The third-order valence-corrected chi connectivity index (χ3v) is 1.38. The van der Waals surface area contributed by atoms with Gasteiger partial charge in [0.15, 0.2) is 6.10 Å². The Labute approximate surface area is 76.3 Å². The maximum absolute atomic E-state index is 10.9. The van der Waals surface area contributed by atoms with Gasteiger partial charge in [0.2, 0.25) is 0 Å². The summed E-state index contributed by atoms with van der Waals surface area (Å²) in [7, 11) is 1.38. The fourth-order valence-corrected chi connectivity index (χ4v) is 0.662. The van der Waals surface area contributed by atoms with Gasteiger partial charge >= 0.3 is 12.0 Å². The van der Waals surface area contributed by atoms with Crippen LogP contribution >= 0.6 is 0 Å². The molecular weight excluding hydrogens is 176 g/mol. The number of hydrogen-bond acceptors (Lipinski definition) is 4. The van der Waals surface area contributed by atoms with E-state index in [0.29, 0.717) is 0 Å². The lowest BCUT2D eigenvalue weighted by Gasteiger charge is -2.17. The highest BCUT2D eigenvalue weighted by molar-refractivity contribution is 5.76. The second kappa shape index (κ2) is 5.36. The Hall–Kier alpha value is -1.30. The van der Waals surface area contributed by atoms with Gasteiger partial charge in [0.1, 0.15) is 0 Å². The monoisotopic (exact) mass is 190 g/mol. The van der Waals surface area contributed by atoms with Crippen molar-refractivity contribution in [1.82, 2.24) is 4.90 Å². The molecule has 0 aromatic carbocycles. The molecule has 1 unspecified atom stereocenters. The molecule has 0 bridgehead atoms. The lowest BCUT2D eigenvalue weighted by atomic mass is 10.3. The molecule has 0 rings (SSSR count). The number of carbonyl (C=O) groups excluding carboxylic acids is 2. The van der Waals surface area contributed by atoms with E-state index in [2.05, 4.69) is 4.74 Å². The highest BCUT2D eigenvalue weighted by Crippen LogP contribution is 1.92. The van der Waals surface area contributed by atoms with Gasteiger partial charge in [0, 0.05) is 7.05 Å². The maximum atomic E-state index is 10.9. The zero-order chi connectivity index (χ0) is 10.4. The minimum absolute atomic E-state index is 0.159. The van der Waals surface area contributed by atoms with Gasteiger partial charge in [-0.15, -0.1) is 0 Å². The van der Waals surface area contributed by atoms with E-state index in [1.165, 1.54) is 7.05 Å². The van der Waals surface area contributed by atoms with Gasteiger partial charge in [0.05, 0.1) is 13.2 Å². The number of carbonyl (C=O) groups is 2. The molecule has 1 atom stereocenters. The van der Waals surface area contributed by atoms with E-state index in [9.17, 15) is 9.59 Å². The molecule has 6 nitrogen and oxygen atoms in total. The van der Waals surface area contributed by atoms with Crippen molar-refractivity contribution in [3.05, 3.63) is 0 Å². The normalized spacial score (nSPS) is 11.9. The summed E-state index contributed by atoms with van der Waals surface area (Å²) in [6.07, 6.45) is -1.34. The topological polar surface area (TPSA) is 92.9 Å². The van der Waals surface area contributed by atoms with Crippen molar-refractivity contribution in [3.63, 3.8) is 0 Å². The second-order valence-corrected chi connectivity index (χ2v) is 2.49. The second-order valence-electron chi connectivity index (χ2n) is 2.49. The molecule has 2 amide bonds. The Morgan fingerprint density at radius 3 is 2.54 bits per heavy atom. The zero-order valence-electron chi connectivity index (χ0n) is 7.69. The predicted molar refractivity (Wildman–Crippen MR) is 44.9 cm³/mol. The van der Waals surface area contributed by atoms with Crippen molar-refractivity contribution in [2.24, 2.45) is 5.73 Å². The smallest absolute Gasteiger partial charge is 0.336 e. The van der Waals surface area contributed by atoms with E-state index < -0.39 is 18.1 Å². The van der Waals surface area contributed by atoms with Gasteiger partial charge in [-0.05, 0) is 6.92 Å². The van der Waals surface area contributed by atoms with Gasteiger partial charge in [-0.25, -0.2) is 9.59 Å². The summed E-state index contributed by atoms with van der Waals surface area (Å²) >= 11 is 0. The summed E-state index contributed by atoms with van der Waals surface area (Å²) in [4.78, 5) is 22.4. The number of esters is 1. The van der Waals surface area contributed by atoms with Crippen molar-refractivity contribution < 1.29 is 19.4 Å². The van der Waals surface area contributed by atoms with E-state index in [4.69, 9.17) is 10.8 Å². The van der Waals surface area contributed by atoms with Gasteiger partial charge < -0.3 is 20.5 Å². The molecule has 0 heterocycles. The van der Waals surface area contributed by atoms with Crippen LogP contribution in [-0.4, -0.2) is 48.3 Å². The largest absolute Gasteiger partial charge is 0.464 e. The van der Waals surface area contributed by atoms with Gasteiger partial charge in [-0.1, -0.05) is 0 Å². The molecule has 0 saturated carbocycles. The molecule has 0 fully saturated rings. The summed E-state index contributed by atoms with van der Waals surface area (Å²) in [5.74, 6) is -0.754. The Morgan fingerprint density at radius 2 is 2.15 bits per heavy atom. The van der Waals surface area contributed by atoms with Gasteiger partial charge in [-0.2, -0.15) is 0 Å². The van der Waals surface area contributed by atoms with Crippen LogP contribution < -0.4 is 5.73 Å². The standard InChI is InChI=1S/C7H14N2O4/c1-3-13-6(11)5(10)4-9(2)7(8)12/h5,10H,3-4H2,1-2H3,(H2,8,12). The maximum Gasteiger partial charge on any atom is 0.336 e. The molecule has 0 aliphatic heterocycles. The minimum atomic E-state index is -1.34. The molecule has 6 heteroatoms. The first-order valence-corrected chi connectivity index (χ1v) is 3.84. The molecule has 13 heavy (non-hydrogen) atoms. The quantitative estimate of drug-likeness (QED) is 0.551. The van der Waals surface area contributed by atoms with Crippen LogP contribution in [0.4, 0.5) is 4.79 Å². The number of hydrogen-bond donors (Lipinski definition) is 2. The highest BCUT2D eigenvalue weighted by Gasteiger charge is 2.19. The Kier molecular flexibility index (Phi) is 4.83.